The van der Waals surface area contributed by atoms with Gasteiger partial charge in [0.25, 0.3) is 0 Å². The molecule has 3 nitrogen and oxygen atoms in total. The number of hydrogen-bond donors (Lipinski definition) is 2. The van der Waals surface area contributed by atoms with Crippen molar-refractivity contribution in [2.75, 3.05) is 6.61 Å². The Morgan fingerprint density at radius 3 is 2.59 bits per heavy atom. The number of benzene rings is 1. The third kappa shape index (κ3) is 3.87. The van der Waals surface area contributed by atoms with Crippen LogP contribution in [0.1, 0.15) is 26.3 Å². The lowest BCUT2D eigenvalue weighted by Crippen LogP contribution is -2.37. The number of hydrogen-bond acceptors (Lipinski definition) is 3. The molecule has 0 heterocycles. The summed E-state index contributed by atoms with van der Waals surface area (Å²) < 4.78 is 5.54. The molecule has 0 saturated carbocycles. The van der Waals surface area contributed by atoms with Crippen LogP contribution in [0.2, 0.25) is 5.02 Å². The summed E-state index contributed by atoms with van der Waals surface area (Å²) in [7, 11) is 0. The average molecular weight is 258 g/mol. The summed E-state index contributed by atoms with van der Waals surface area (Å²) in [4.78, 5) is 0. The molecule has 0 fully saturated rings. The van der Waals surface area contributed by atoms with E-state index < -0.39 is 5.60 Å². The Kier molecular flexibility index (Phi) is 4.80. The maximum absolute atomic E-state index is 10.1. The summed E-state index contributed by atoms with van der Waals surface area (Å²) in [6.45, 7) is 6.31. The fraction of sp³-hybridized carbons (Fsp3) is 0.538. The predicted octanol–water partition coefficient (Wildman–Crippen LogP) is 2.58. The number of aliphatic hydroxyl groups is 1. The molecule has 1 aromatic carbocycles. The van der Waals surface area contributed by atoms with Gasteiger partial charge in [0.15, 0.2) is 0 Å². The Hall–Kier alpha value is -0.770. The lowest BCUT2D eigenvalue weighted by atomic mass is 9.94. The van der Waals surface area contributed by atoms with Gasteiger partial charge >= 0.3 is 0 Å². The van der Waals surface area contributed by atoms with Gasteiger partial charge in [-0.1, -0.05) is 31.5 Å². The van der Waals surface area contributed by atoms with E-state index in [2.05, 4.69) is 0 Å². The molecule has 0 aromatic heterocycles. The lowest BCUT2D eigenvalue weighted by Gasteiger charge is -2.27. The van der Waals surface area contributed by atoms with Crippen LogP contribution >= 0.6 is 11.6 Å². The fourth-order valence-corrected chi connectivity index (χ4v) is 1.44. The Morgan fingerprint density at radius 1 is 1.47 bits per heavy atom. The Morgan fingerprint density at radius 2 is 2.12 bits per heavy atom. The molecule has 1 unspecified atom stereocenters. The van der Waals surface area contributed by atoms with E-state index in [4.69, 9.17) is 22.1 Å². The van der Waals surface area contributed by atoms with Gasteiger partial charge in [-0.15, -0.1) is 0 Å². The molecule has 1 atom stereocenters. The van der Waals surface area contributed by atoms with E-state index in [1.807, 2.05) is 19.9 Å². The summed E-state index contributed by atoms with van der Waals surface area (Å²) in [5, 5.41) is 10.6. The molecule has 0 aliphatic heterocycles. The van der Waals surface area contributed by atoms with Crippen molar-refractivity contribution >= 4 is 11.6 Å². The van der Waals surface area contributed by atoms with Gasteiger partial charge in [0.2, 0.25) is 0 Å². The summed E-state index contributed by atoms with van der Waals surface area (Å²) in [5.41, 5.74) is 5.60. The summed E-state index contributed by atoms with van der Waals surface area (Å²) >= 11 is 6.05. The quantitative estimate of drug-likeness (QED) is 0.853. The van der Waals surface area contributed by atoms with Crippen LogP contribution in [0.5, 0.6) is 5.75 Å². The summed E-state index contributed by atoms with van der Waals surface area (Å²) in [6, 6.07) is 5.42. The van der Waals surface area contributed by atoms with Gasteiger partial charge in [-0.3, -0.25) is 0 Å². The molecule has 0 radical (unpaired) electrons. The molecule has 3 N–H and O–H groups in total. The number of rotatable bonds is 5. The zero-order valence-corrected chi connectivity index (χ0v) is 11.3. The van der Waals surface area contributed by atoms with Gasteiger partial charge in [0.05, 0.1) is 10.6 Å². The second kappa shape index (κ2) is 5.71. The molecule has 96 valence electrons. The minimum Gasteiger partial charge on any atom is -0.489 e. The van der Waals surface area contributed by atoms with E-state index in [1.165, 1.54) is 0 Å². The van der Waals surface area contributed by atoms with Crippen molar-refractivity contribution in [2.24, 2.45) is 11.7 Å². The number of halogens is 1. The molecular formula is C13H20ClNO2. The molecule has 1 rings (SSSR count). The molecule has 0 saturated heterocycles. The topological polar surface area (TPSA) is 55.5 Å². The Balaban J connectivity index is 2.70. The highest BCUT2D eigenvalue weighted by atomic mass is 35.5. The van der Waals surface area contributed by atoms with Crippen molar-refractivity contribution in [3.8, 4) is 5.75 Å². The van der Waals surface area contributed by atoms with Crippen molar-refractivity contribution in [3.63, 3.8) is 0 Å². The first kappa shape index (κ1) is 14.3. The van der Waals surface area contributed by atoms with Crippen molar-refractivity contribution in [1.82, 2.24) is 0 Å². The van der Waals surface area contributed by atoms with Crippen LogP contribution in [0, 0.1) is 5.92 Å². The molecule has 0 aliphatic carbocycles. The van der Waals surface area contributed by atoms with Gasteiger partial charge in [-0.05, 0) is 30.5 Å². The van der Waals surface area contributed by atoms with E-state index in [1.54, 1.807) is 19.1 Å². The molecule has 0 bridgehead atoms. The summed E-state index contributed by atoms with van der Waals surface area (Å²) in [5.74, 6) is 0.689. The van der Waals surface area contributed by atoms with E-state index in [-0.39, 0.29) is 12.5 Å². The third-order valence-electron chi connectivity index (χ3n) is 3.00. The maximum atomic E-state index is 10.1. The zero-order chi connectivity index (χ0) is 13.1. The maximum Gasteiger partial charge on any atom is 0.138 e. The van der Waals surface area contributed by atoms with Crippen LogP contribution in [-0.2, 0) is 6.54 Å². The molecule has 17 heavy (non-hydrogen) atoms. The zero-order valence-electron chi connectivity index (χ0n) is 10.5. The van der Waals surface area contributed by atoms with E-state index >= 15 is 0 Å². The molecule has 4 heteroatoms. The van der Waals surface area contributed by atoms with Crippen LogP contribution in [0.15, 0.2) is 18.2 Å². The Labute approximate surface area is 108 Å². The van der Waals surface area contributed by atoms with Crippen molar-refractivity contribution in [3.05, 3.63) is 28.8 Å². The molecule has 0 amide bonds. The highest BCUT2D eigenvalue weighted by molar-refractivity contribution is 6.32. The van der Waals surface area contributed by atoms with Gasteiger partial charge in [0.1, 0.15) is 12.4 Å². The molecular weight excluding hydrogens is 238 g/mol. The highest BCUT2D eigenvalue weighted by Gasteiger charge is 2.26. The van der Waals surface area contributed by atoms with Gasteiger partial charge in [-0.2, -0.15) is 0 Å². The minimum atomic E-state index is -0.865. The van der Waals surface area contributed by atoms with Crippen LogP contribution in [0.25, 0.3) is 0 Å². The van der Waals surface area contributed by atoms with Crippen LogP contribution in [-0.4, -0.2) is 17.3 Å². The molecule has 0 aliphatic rings. The largest absolute Gasteiger partial charge is 0.489 e. The van der Waals surface area contributed by atoms with Crippen molar-refractivity contribution in [1.29, 1.82) is 0 Å². The monoisotopic (exact) mass is 257 g/mol. The minimum absolute atomic E-state index is 0.115. The first-order valence-electron chi connectivity index (χ1n) is 5.70. The lowest BCUT2D eigenvalue weighted by molar-refractivity contribution is -0.0266. The second-order valence-corrected chi connectivity index (χ2v) is 5.18. The van der Waals surface area contributed by atoms with E-state index in [0.29, 0.717) is 17.3 Å². The van der Waals surface area contributed by atoms with Gasteiger partial charge in [-0.25, -0.2) is 0 Å². The predicted molar refractivity (Wildman–Crippen MR) is 70.3 cm³/mol. The van der Waals surface area contributed by atoms with Gasteiger partial charge in [0, 0.05) is 6.54 Å². The first-order valence-corrected chi connectivity index (χ1v) is 6.08. The summed E-state index contributed by atoms with van der Waals surface area (Å²) in [6.07, 6.45) is 0. The van der Waals surface area contributed by atoms with E-state index in [9.17, 15) is 5.11 Å². The first-order chi connectivity index (χ1) is 7.86. The SMILES string of the molecule is CC(C)C(C)(O)COc1ccc(CN)cc1Cl. The standard InChI is InChI=1S/C13H20ClNO2/c1-9(2)13(3,16)8-17-12-5-4-10(7-15)6-11(12)14/h4-6,9,16H,7-8,15H2,1-3H3. The molecule has 1 aromatic rings. The normalized spacial score (nSPS) is 14.8. The Bertz CT molecular complexity index is 378. The van der Waals surface area contributed by atoms with E-state index in [0.717, 1.165) is 5.56 Å². The smallest absolute Gasteiger partial charge is 0.138 e. The van der Waals surface area contributed by atoms with Gasteiger partial charge < -0.3 is 15.6 Å². The number of ether oxygens (including phenoxy) is 1. The average Bonchev–Trinajstić information content (AvgIpc) is 2.27. The highest BCUT2D eigenvalue weighted by Crippen LogP contribution is 2.27. The van der Waals surface area contributed by atoms with Crippen molar-refractivity contribution < 1.29 is 9.84 Å². The number of nitrogens with two attached hydrogens (primary N) is 1. The molecule has 0 spiro atoms. The van der Waals surface area contributed by atoms with Crippen molar-refractivity contribution in [2.45, 2.75) is 32.9 Å². The van der Waals surface area contributed by atoms with Crippen LogP contribution in [0.4, 0.5) is 0 Å². The van der Waals surface area contributed by atoms with Crippen LogP contribution < -0.4 is 10.5 Å². The second-order valence-electron chi connectivity index (χ2n) is 4.77. The fourth-order valence-electron chi connectivity index (χ4n) is 1.18. The van der Waals surface area contributed by atoms with Crippen LogP contribution in [0.3, 0.4) is 0 Å². The third-order valence-corrected chi connectivity index (χ3v) is 3.29.